The second-order valence-corrected chi connectivity index (χ2v) is 14.0. The molecule has 0 unspecified atom stereocenters. The molecule has 1 aliphatic rings. The fourth-order valence-corrected chi connectivity index (χ4v) is 6.66. The van der Waals surface area contributed by atoms with Crippen molar-refractivity contribution in [3.63, 3.8) is 0 Å². The van der Waals surface area contributed by atoms with Crippen LogP contribution in [-0.2, 0) is 18.9 Å². The van der Waals surface area contributed by atoms with Crippen LogP contribution in [0.3, 0.4) is 0 Å². The third kappa shape index (κ3) is 11.4. The quantitative estimate of drug-likeness (QED) is 0.126. The highest BCUT2D eigenvalue weighted by Crippen LogP contribution is 2.43. The van der Waals surface area contributed by atoms with Crippen LogP contribution >= 0.6 is 0 Å². The summed E-state index contributed by atoms with van der Waals surface area (Å²) < 4.78 is 48.8. The predicted octanol–water partition coefficient (Wildman–Crippen LogP) is 7.98. The number of nitrogen functional groups attached to an aromatic ring is 4. The molecule has 7 rings (SSSR count). The van der Waals surface area contributed by atoms with Crippen molar-refractivity contribution in [3.05, 3.63) is 121 Å². The molecule has 0 radical (unpaired) electrons. The monoisotopic (exact) mass is 812 g/mol. The van der Waals surface area contributed by atoms with E-state index >= 15 is 0 Å². The Hall–Kier alpha value is -6.44. The normalized spacial score (nSPS) is 15.1. The number of rotatable bonds is 4. The van der Waals surface area contributed by atoms with Gasteiger partial charge in [-0.25, -0.2) is 0 Å². The standard InChI is InChI=1S/C48H52N4O8/c49-37-9-1-33(2-10-37)41-29-45-46(30-42(41)34-3-11-38(50)12-4-34)58-26-22-54-19-20-56-24-28-60-48-32-44(36-7-15-40(52)16-8-36)43(35-5-13-39(51)14-6-35)31-47(48)59-27-23-55-18-17-53-21-25-57-45/h1-16,29-32H,17-28,49-52H2. The first-order chi connectivity index (χ1) is 29.4. The molecule has 1 aliphatic heterocycles. The maximum Gasteiger partial charge on any atom is 0.161 e. The molecule has 0 spiro atoms. The number of benzene rings is 6. The van der Waals surface area contributed by atoms with Crippen molar-refractivity contribution in [3.8, 4) is 67.5 Å². The zero-order chi connectivity index (χ0) is 41.5. The lowest BCUT2D eigenvalue weighted by molar-refractivity contribution is 0.0223. The smallest absolute Gasteiger partial charge is 0.161 e. The lowest BCUT2D eigenvalue weighted by Gasteiger charge is -2.19. The van der Waals surface area contributed by atoms with Crippen molar-refractivity contribution < 1.29 is 37.9 Å². The van der Waals surface area contributed by atoms with E-state index in [4.69, 9.17) is 60.8 Å². The van der Waals surface area contributed by atoms with Gasteiger partial charge < -0.3 is 60.8 Å². The molecule has 0 amide bonds. The summed E-state index contributed by atoms with van der Waals surface area (Å²) in [6.45, 7) is 4.05. The van der Waals surface area contributed by atoms with Crippen LogP contribution in [0.2, 0.25) is 0 Å². The number of fused-ring (bicyclic) bond motifs is 2. The zero-order valence-corrected chi connectivity index (χ0v) is 33.6. The molecular formula is C48H52N4O8. The van der Waals surface area contributed by atoms with Crippen LogP contribution in [0.5, 0.6) is 23.0 Å². The summed E-state index contributed by atoms with van der Waals surface area (Å²) >= 11 is 0. The van der Waals surface area contributed by atoms with Gasteiger partial charge in [0.2, 0.25) is 0 Å². The molecule has 1 heterocycles. The highest BCUT2D eigenvalue weighted by atomic mass is 16.6. The van der Waals surface area contributed by atoms with Crippen molar-refractivity contribution in [1.82, 2.24) is 0 Å². The average Bonchev–Trinajstić information content (AvgIpc) is 3.26. The fraction of sp³-hybridized carbons (Fsp3) is 0.250. The summed E-state index contributed by atoms with van der Waals surface area (Å²) in [4.78, 5) is 0. The Bertz CT molecular complexity index is 1940. The van der Waals surface area contributed by atoms with Gasteiger partial charge in [-0.2, -0.15) is 0 Å². The lowest BCUT2D eigenvalue weighted by Crippen LogP contribution is -2.15. The first kappa shape index (κ1) is 41.7. The molecule has 8 N–H and O–H groups in total. The molecule has 0 aromatic heterocycles. The molecule has 12 heteroatoms. The van der Waals surface area contributed by atoms with Gasteiger partial charge in [-0.3, -0.25) is 0 Å². The van der Waals surface area contributed by atoms with Crippen LogP contribution in [0.1, 0.15) is 0 Å². The van der Waals surface area contributed by atoms with E-state index in [-0.39, 0.29) is 0 Å². The van der Waals surface area contributed by atoms with Gasteiger partial charge in [-0.1, -0.05) is 48.5 Å². The molecule has 0 atom stereocenters. The van der Waals surface area contributed by atoms with E-state index < -0.39 is 0 Å². The van der Waals surface area contributed by atoms with Crippen molar-refractivity contribution in [1.29, 1.82) is 0 Å². The van der Waals surface area contributed by atoms with E-state index in [2.05, 4.69) is 0 Å². The number of hydrogen-bond donors (Lipinski definition) is 4. The Morgan fingerprint density at radius 3 is 0.633 bits per heavy atom. The first-order valence-corrected chi connectivity index (χ1v) is 20.0. The van der Waals surface area contributed by atoms with E-state index in [1.165, 1.54) is 0 Å². The van der Waals surface area contributed by atoms with E-state index in [0.29, 0.717) is 125 Å². The molecule has 6 aromatic rings. The summed E-state index contributed by atoms with van der Waals surface area (Å²) in [7, 11) is 0. The highest BCUT2D eigenvalue weighted by Gasteiger charge is 2.18. The minimum absolute atomic E-state index is 0.293. The second kappa shape index (κ2) is 21.0. The molecule has 6 aromatic carbocycles. The lowest BCUT2D eigenvalue weighted by atomic mass is 9.93. The molecule has 0 fully saturated rings. The maximum absolute atomic E-state index is 6.30. The van der Waals surface area contributed by atoms with Crippen LogP contribution in [0.15, 0.2) is 121 Å². The van der Waals surface area contributed by atoms with Crippen molar-refractivity contribution in [2.24, 2.45) is 0 Å². The van der Waals surface area contributed by atoms with Crippen LogP contribution in [0.4, 0.5) is 22.7 Å². The average molecular weight is 813 g/mol. The highest BCUT2D eigenvalue weighted by molar-refractivity contribution is 5.88. The first-order valence-electron chi connectivity index (χ1n) is 20.0. The van der Waals surface area contributed by atoms with Gasteiger partial charge in [-0.15, -0.1) is 0 Å². The van der Waals surface area contributed by atoms with Gasteiger partial charge in [0.1, 0.15) is 26.4 Å². The van der Waals surface area contributed by atoms with Crippen LogP contribution in [0, 0.1) is 0 Å². The Morgan fingerprint density at radius 2 is 0.433 bits per heavy atom. The minimum atomic E-state index is 0.293. The Morgan fingerprint density at radius 1 is 0.250 bits per heavy atom. The van der Waals surface area contributed by atoms with Gasteiger partial charge in [0, 0.05) is 22.7 Å². The Labute approximate surface area is 350 Å². The molecule has 312 valence electrons. The van der Waals surface area contributed by atoms with Gasteiger partial charge in [0.05, 0.1) is 52.9 Å². The number of hydrogen-bond acceptors (Lipinski definition) is 12. The molecule has 0 saturated heterocycles. The van der Waals surface area contributed by atoms with E-state index in [1.807, 2.05) is 121 Å². The number of ether oxygens (including phenoxy) is 8. The van der Waals surface area contributed by atoms with Gasteiger partial charge in [0.15, 0.2) is 23.0 Å². The fourth-order valence-electron chi connectivity index (χ4n) is 6.66. The van der Waals surface area contributed by atoms with E-state index in [9.17, 15) is 0 Å². The molecular weight excluding hydrogens is 761 g/mol. The molecule has 12 nitrogen and oxygen atoms in total. The SMILES string of the molecule is Nc1ccc(-c2cc3c(cc2-c2ccc(N)cc2)OCCOCCOCCOc2cc(-c4ccc(N)cc4)c(-c4ccc(N)cc4)cc2OCCOCCOCCO3)cc1. The number of nitrogens with two attached hydrogens (primary N) is 4. The minimum Gasteiger partial charge on any atom is -0.487 e. The van der Waals surface area contributed by atoms with Crippen molar-refractivity contribution in [2.75, 3.05) is 102 Å². The van der Waals surface area contributed by atoms with E-state index in [0.717, 1.165) is 44.5 Å². The summed E-state index contributed by atoms with van der Waals surface area (Å²) in [5.74, 6) is 2.32. The largest absolute Gasteiger partial charge is 0.487 e. The second-order valence-electron chi connectivity index (χ2n) is 14.0. The van der Waals surface area contributed by atoms with Crippen LogP contribution < -0.4 is 41.9 Å². The third-order valence-electron chi connectivity index (χ3n) is 9.74. The molecule has 0 saturated carbocycles. The number of anilines is 4. The van der Waals surface area contributed by atoms with Gasteiger partial charge in [0.25, 0.3) is 0 Å². The summed E-state index contributed by atoms with van der Waals surface area (Å²) in [6, 6.07) is 38.9. The summed E-state index contributed by atoms with van der Waals surface area (Å²) in [6.07, 6.45) is 0. The zero-order valence-electron chi connectivity index (χ0n) is 33.6. The van der Waals surface area contributed by atoms with E-state index in [1.54, 1.807) is 0 Å². The Balaban J connectivity index is 1.05. The molecule has 60 heavy (non-hydrogen) atoms. The van der Waals surface area contributed by atoms with Crippen LogP contribution in [0.25, 0.3) is 44.5 Å². The molecule has 0 bridgehead atoms. The Kier molecular flexibility index (Phi) is 14.6. The van der Waals surface area contributed by atoms with Gasteiger partial charge in [-0.05, 0) is 117 Å². The maximum atomic E-state index is 6.30. The van der Waals surface area contributed by atoms with Gasteiger partial charge >= 0.3 is 0 Å². The predicted molar refractivity (Wildman–Crippen MR) is 238 cm³/mol. The van der Waals surface area contributed by atoms with Crippen LogP contribution in [-0.4, -0.2) is 79.3 Å². The third-order valence-corrected chi connectivity index (χ3v) is 9.74. The summed E-state index contributed by atoms with van der Waals surface area (Å²) in [5, 5.41) is 0. The topological polar surface area (TPSA) is 178 Å². The van der Waals surface area contributed by atoms with Crippen molar-refractivity contribution in [2.45, 2.75) is 0 Å². The van der Waals surface area contributed by atoms with Crippen molar-refractivity contribution >= 4 is 22.7 Å². The summed E-state index contributed by atoms with van der Waals surface area (Å²) in [5.41, 5.74) is 34.6. The molecule has 0 aliphatic carbocycles.